The third kappa shape index (κ3) is 2.27. The van der Waals surface area contributed by atoms with Crippen LogP contribution in [0.2, 0.25) is 0 Å². The molecule has 0 aliphatic heterocycles. The standard InChI is InChI=1S/C17H10N4O4/c22-15-14(18-11-7-3-4-8-12(11)19-15)21-16(23)10-6-2-1-5-9(10)13(20-21)17(24)25/h1-8H,(H,19,22)(H,24,25). The molecule has 0 amide bonds. The van der Waals surface area contributed by atoms with Gasteiger partial charge in [-0.2, -0.15) is 9.78 Å². The van der Waals surface area contributed by atoms with E-state index in [1.54, 1.807) is 36.4 Å². The second kappa shape index (κ2) is 5.38. The first-order valence-electron chi connectivity index (χ1n) is 7.31. The Morgan fingerprint density at radius 3 is 2.44 bits per heavy atom. The average molecular weight is 334 g/mol. The van der Waals surface area contributed by atoms with Crippen molar-refractivity contribution in [3.8, 4) is 5.82 Å². The Kier molecular flexibility index (Phi) is 3.17. The predicted molar refractivity (Wildman–Crippen MR) is 90.2 cm³/mol. The van der Waals surface area contributed by atoms with Crippen LogP contribution in [0.1, 0.15) is 10.5 Å². The number of aromatic carboxylic acids is 1. The predicted octanol–water partition coefficient (Wildman–Crippen LogP) is 1.32. The maximum absolute atomic E-state index is 12.7. The summed E-state index contributed by atoms with van der Waals surface area (Å²) < 4.78 is 0.733. The summed E-state index contributed by atoms with van der Waals surface area (Å²) in [5, 5.41) is 13.6. The van der Waals surface area contributed by atoms with Gasteiger partial charge in [0.2, 0.25) is 5.82 Å². The van der Waals surface area contributed by atoms with E-state index in [0.717, 1.165) is 4.68 Å². The van der Waals surface area contributed by atoms with Gasteiger partial charge in [-0.15, -0.1) is 0 Å². The number of H-pyrrole nitrogens is 1. The number of aromatic amines is 1. The lowest BCUT2D eigenvalue weighted by atomic mass is 10.1. The smallest absolute Gasteiger partial charge is 0.357 e. The average Bonchev–Trinajstić information content (AvgIpc) is 2.62. The van der Waals surface area contributed by atoms with Crippen molar-refractivity contribution in [3.63, 3.8) is 0 Å². The molecule has 0 radical (unpaired) electrons. The molecule has 0 spiro atoms. The third-order valence-corrected chi connectivity index (χ3v) is 3.79. The van der Waals surface area contributed by atoms with Crippen molar-refractivity contribution in [2.45, 2.75) is 0 Å². The zero-order chi connectivity index (χ0) is 17.6. The van der Waals surface area contributed by atoms with Gasteiger partial charge in [-0.3, -0.25) is 9.59 Å². The number of carboxylic acid groups (broad SMARTS) is 1. The Hall–Kier alpha value is -3.81. The molecule has 4 rings (SSSR count). The maximum atomic E-state index is 12.7. The Morgan fingerprint density at radius 2 is 1.68 bits per heavy atom. The van der Waals surface area contributed by atoms with Crippen molar-refractivity contribution < 1.29 is 9.90 Å². The number of aromatic nitrogens is 4. The Labute approximate surface area is 139 Å². The van der Waals surface area contributed by atoms with Crippen LogP contribution in [-0.2, 0) is 0 Å². The number of para-hydroxylation sites is 2. The highest BCUT2D eigenvalue weighted by Crippen LogP contribution is 2.14. The van der Waals surface area contributed by atoms with Crippen LogP contribution in [0.5, 0.6) is 0 Å². The number of nitrogens with one attached hydrogen (secondary N) is 1. The molecule has 0 bridgehead atoms. The van der Waals surface area contributed by atoms with Gasteiger partial charge in [-0.05, 0) is 18.2 Å². The van der Waals surface area contributed by atoms with Crippen LogP contribution in [0, 0.1) is 0 Å². The molecule has 4 aromatic rings. The van der Waals surface area contributed by atoms with Gasteiger partial charge in [-0.1, -0.05) is 30.3 Å². The van der Waals surface area contributed by atoms with Crippen molar-refractivity contribution in [2.75, 3.05) is 0 Å². The SMILES string of the molecule is O=C(O)c1nn(-c2nc3ccccc3[nH]c2=O)c(=O)c2ccccc12. The zero-order valence-corrected chi connectivity index (χ0v) is 12.6. The van der Waals surface area contributed by atoms with Crippen LogP contribution in [0.15, 0.2) is 58.1 Å². The molecular weight excluding hydrogens is 324 g/mol. The molecule has 25 heavy (non-hydrogen) atoms. The highest BCUT2D eigenvalue weighted by molar-refractivity contribution is 6.01. The first-order valence-corrected chi connectivity index (χ1v) is 7.31. The number of rotatable bonds is 2. The van der Waals surface area contributed by atoms with Crippen LogP contribution in [0.4, 0.5) is 0 Å². The quantitative estimate of drug-likeness (QED) is 0.571. The van der Waals surface area contributed by atoms with Gasteiger partial charge in [0.05, 0.1) is 16.4 Å². The van der Waals surface area contributed by atoms with Gasteiger partial charge in [0, 0.05) is 5.39 Å². The fourth-order valence-corrected chi connectivity index (χ4v) is 2.65. The summed E-state index contributed by atoms with van der Waals surface area (Å²) in [5.41, 5.74) is -0.627. The Bertz CT molecular complexity index is 1270. The van der Waals surface area contributed by atoms with Crippen molar-refractivity contribution >= 4 is 27.8 Å². The van der Waals surface area contributed by atoms with Crippen LogP contribution in [0.25, 0.3) is 27.6 Å². The summed E-state index contributed by atoms with van der Waals surface area (Å²) in [6.45, 7) is 0. The van der Waals surface area contributed by atoms with Gasteiger partial charge < -0.3 is 10.1 Å². The lowest BCUT2D eigenvalue weighted by molar-refractivity contribution is 0.0691. The van der Waals surface area contributed by atoms with Gasteiger partial charge in [0.25, 0.3) is 11.1 Å². The number of nitrogens with zero attached hydrogens (tertiary/aromatic N) is 3. The van der Waals surface area contributed by atoms with E-state index in [1.807, 2.05) is 0 Å². The lowest BCUT2D eigenvalue weighted by Crippen LogP contribution is -2.30. The van der Waals surface area contributed by atoms with Crippen molar-refractivity contribution in [1.29, 1.82) is 0 Å². The summed E-state index contributed by atoms with van der Waals surface area (Å²) >= 11 is 0. The van der Waals surface area contributed by atoms with E-state index in [9.17, 15) is 19.5 Å². The first kappa shape index (κ1) is 14.8. The molecule has 2 N–H and O–H groups in total. The normalized spacial score (nSPS) is 11.0. The minimum absolute atomic E-state index is 0.143. The fraction of sp³-hybridized carbons (Fsp3) is 0. The summed E-state index contributed by atoms with van der Waals surface area (Å²) in [6, 6.07) is 13.0. The number of carbonyl (C=O) groups is 1. The first-order chi connectivity index (χ1) is 12.1. The van der Waals surface area contributed by atoms with Crippen LogP contribution in [-0.4, -0.2) is 30.8 Å². The number of fused-ring (bicyclic) bond motifs is 2. The van der Waals surface area contributed by atoms with E-state index in [2.05, 4.69) is 15.1 Å². The minimum Gasteiger partial charge on any atom is -0.476 e. The molecule has 0 fully saturated rings. The second-order valence-corrected chi connectivity index (χ2v) is 5.32. The highest BCUT2D eigenvalue weighted by Gasteiger charge is 2.18. The van der Waals surface area contributed by atoms with E-state index in [-0.39, 0.29) is 22.3 Å². The minimum atomic E-state index is -1.30. The fourth-order valence-electron chi connectivity index (χ4n) is 2.65. The van der Waals surface area contributed by atoms with Crippen LogP contribution in [0.3, 0.4) is 0 Å². The Balaban J connectivity index is 2.13. The molecule has 0 atom stereocenters. The summed E-state index contributed by atoms with van der Waals surface area (Å²) in [4.78, 5) is 43.4. The number of carboxylic acids is 1. The van der Waals surface area contributed by atoms with E-state index in [0.29, 0.717) is 11.0 Å². The topological polar surface area (TPSA) is 118 Å². The molecule has 0 aliphatic carbocycles. The molecular formula is C17H10N4O4. The van der Waals surface area contributed by atoms with Gasteiger partial charge in [0.1, 0.15) is 0 Å². The van der Waals surface area contributed by atoms with Gasteiger partial charge in [-0.25, -0.2) is 9.78 Å². The van der Waals surface area contributed by atoms with Crippen molar-refractivity contribution in [3.05, 3.63) is 74.9 Å². The Morgan fingerprint density at radius 1 is 1.00 bits per heavy atom. The molecule has 2 aromatic heterocycles. The summed E-state index contributed by atoms with van der Waals surface area (Å²) in [6.07, 6.45) is 0. The maximum Gasteiger partial charge on any atom is 0.357 e. The van der Waals surface area contributed by atoms with Crippen LogP contribution < -0.4 is 11.1 Å². The molecule has 0 saturated carbocycles. The second-order valence-electron chi connectivity index (χ2n) is 5.32. The summed E-state index contributed by atoms with van der Waals surface area (Å²) in [5.74, 6) is -1.58. The highest BCUT2D eigenvalue weighted by atomic mass is 16.4. The number of hydrogen-bond acceptors (Lipinski definition) is 5. The molecule has 122 valence electrons. The lowest BCUT2D eigenvalue weighted by Gasteiger charge is -2.08. The molecule has 2 aromatic carbocycles. The molecule has 0 aliphatic rings. The van der Waals surface area contributed by atoms with E-state index in [4.69, 9.17) is 0 Å². The number of benzene rings is 2. The largest absolute Gasteiger partial charge is 0.476 e. The van der Waals surface area contributed by atoms with Crippen molar-refractivity contribution in [1.82, 2.24) is 19.7 Å². The monoisotopic (exact) mass is 334 g/mol. The summed E-state index contributed by atoms with van der Waals surface area (Å²) in [7, 11) is 0. The van der Waals surface area contributed by atoms with E-state index < -0.39 is 17.1 Å². The van der Waals surface area contributed by atoms with Gasteiger partial charge in [0.15, 0.2) is 5.69 Å². The molecule has 8 nitrogen and oxygen atoms in total. The number of hydrogen-bond donors (Lipinski definition) is 2. The molecule has 0 unspecified atom stereocenters. The van der Waals surface area contributed by atoms with E-state index >= 15 is 0 Å². The molecule has 2 heterocycles. The molecule has 0 saturated heterocycles. The van der Waals surface area contributed by atoms with Crippen molar-refractivity contribution in [2.24, 2.45) is 0 Å². The zero-order valence-electron chi connectivity index (χ0n) is 12.6. The molecule has 8 heteroatoms. The van der Waals surface area contributed by atoms with E-state index in [1.165, 1.54) is 12.1 Å². The van der Waals surface area contributed by atoms with Gasteiger partial charge >= 0.3 is 5.97 Å². The third-order valence-electron chi connectivity index (χ3n) is 3.79. The van der Waals surface area contributed by atoms with Crippen LogP contribution >= 0.6 is 0 Å².